The summed E-state index contributed by atoms with van der Waals surface area (Å²) in [5, 5.41) is 9.43. The van der Waals surface area contributed by atoms with Gasteiger partial charge in [0.15, 0.2) is 0 Å². The van der Waals surface area contributed by atoms with Crippen molar-refractivity contribution in [3.05, 3.63) is 11.6 Å². The van der Waals surface area contributed by atoms with Gasteiger partial charge in [-0.1, -0.05) is 25.3 Å². The molecule has 0 aromatic heterocycles. The largest absolute Gasteiger partial charge is 0.392 e. The molecule has 1 heteroatoms. The van der Waals surface area contributed by atoms with E-state index in [1.807, 2.05) is 0 Å². The Labute approximate surface area is 92.6 Å². The third-order valence-electron chi connectivity index (χ3n) is 5.14. The molecule has 3 aliphatic rings. The maximum atomic E-state index is 9.43. The van der Waals surface area contributed by atoms with Crippen LogP contribution in [0.5, 0.6) is 0 Å². The molecule has 0 aromatic rings. The summed E-state index contributed by atoms with van der Waals surface area (Å²) in [4.78, 5) is 0. The van der Waals surface area contributed by atoms with Crippen LogP contribution in [0.2, 0.25) is 0 Å². The molecule has 2 fully saturated rings. The molecule has 3 rings (SSSR count). The van der Waals surface area contributed by atoms with Gasteiger partial charge in [-0.2, -0.15) is 0 Å². The van der Waals surface area contributed by atoms with E-state index in [0.717, 1.165) is 23.7 Å². The zero-order chi connectivity index (χ0) is 10.3. The standard InChI is InChI=1S/C14H22O/c15-9-12-8-7-11-6-5-10-3-1-2-4-13(10)14(11)12/h8,10-11,13-15H,1-7,9H2. The fraction of sp³-hybridized carbons (Fsp3) is 0.857. The minimum Gasteiger partial charge on any atom is -0.392 e. The van der Waals surface area contributed by atoms with Crippen molar-refractivity contribution in [2.24, 2.45) is 23.7 Å². The summed E-state index contributed by atoms with van der Waals surface area (Å²) in [5.41, 5.74) is 1.39. The van der Waals surface area contributed by atoms with Crippen LogP contribution in [-0.4, -0.2) is 11.7 Å². The summed E-state index contributed by atoms with van der Waals surface area (Å²) in [6, 6.07) is 0. The smallest absolute Gasteiger partial charge is 0.0644 e. The van der Waals surface area contributed by atoms with Crippen LogP contribution in [0.4, 0.5) is 0 Å². The van der Waals surface area contributed by atoms with E-state index in [2.05, 4.69) is 6.08 Å². The van der Waals surface area contributed by atoms with Crippen molar-refractivity contribution in [2.45, 2.75) is 44.9 Å². The zero-order valence-corrected chi connectivity index (χ0v) is 9.49. The average molecular weight is 206 g/mol. The topological polar surface area (TPSA) is 20.2 Å². The summed E-state index contributed by atoms with van der Waals surface area (Å²) in [6.07, 6.45) is 12.3. The van der Waals surface area contributed by atoms with Gasteiger partial charge in [-0.05, 0) is 54.9 Å². The molecule has 84 valence electrons. The Morgan fingerprint density at radius 2 is 1.87 bits per heavy atom. The highest BCUT2D eigenvalue weighted by atomic mass is 16.3. The van der Waals surface area contributed by atoms with Crippen LogP contribution in [0, 0.1) is 23.7 Å². The molecule has 4 atom stereocenters. The lowest BCUT2D eigenvalue weighted by Gasteiger charge is -2.44. The Morgan fingerprint density at radius 3 is 2.73 bits per heavy atom. The molecule has 4 unspecified atom stereocenters. The van der Waals surface area contributed by atoms with Crippen LogP contribution in [-0.2, 0) is 0 Å². The third kappa shape index (κ3) is 1.56. The summed E-state index contributed by atoms with van der Waals surface area (Å²) in [7, 11) is 0. The van der Waals surface area contributed by atoms with Crippen molar-refractivity contribution < 1.29 is 5.11 Å². The van der Waals surface area contributed by atoms with Gasteiger partial charge in [-0.25, -0.2) is 0 Å². The lowest BCUT2D eigenvalue weighted by Crippen LogP contribution is -2.36. The molecule has 0 spiro atoms. The van der Waals surface area contributed by atoms with Crippen LogP contribution in [0.3, 0.4) is 0 Å². The highest BCUT2D eigenvalue weighted by Crippen LogP contribution is 2.52. The summed E-state index contributed by atoms with van der Waals surface area (Å²) in [6.45, 7) is 0.324. The monoisotopic (exact) mass is 206 g/mol. The van der Waals surface area contributed by atoms with E-state index in [4.69, 9.17) is 0 Å². The molecule has 0 saturated heterocycles. The fourth-order valence-electron chi connectivity index (χ4n) is 4.48. The fourth-order valence-corrected chi connectivity index (χ4v) is 4.48. The second-order valence-electron chi connectivity index (χ2n) is 5.74. The Morgan fingerprint density at radius 1 is 1.07 bits per heavy atom. The first-order chi connectivity index (χ1) is 7.40. The molecular formula is C14H22O. The van der Waals surface area contributed by atoms with E-state index >= 15 is 0 Å². The van der Waals surface area contributed by atoms with E-state index in [-0.39, 0.29) is 0 Å². The number of hydrogen-bond donors (Lipinski definition) is 1. The summed E-state index contributed by atoms with van der Waals surface area (Å²) < 4.78 is 0. The van der Waals surface area contributed by atoms with Crippen molar-refractivity contribution in [3.63, 3.8) is 0 Å². The molecule has 2 saturated carbocycles. The Bertz CT molecular complexity index is 269. The van der Waals surface area contributed by atoms with Crippen molar-refractivity contribution in [3.8, 4) is 0 Å². The van der Waals surface area contributed by atoms with Gasteiger partial charge in [0.05, 0.1) is 6.61 Å². The Hall–Kier alpha value is -0.300. The van der Waals surface area contributed by atoms with E-state index < -0.39 is 0 Å². The number of aliphatic hydroxyl groups excluding tert-OH is 1. The second-order valence-corrected chi connectivity index (χ2v) is 5.74. The number of aliphatic hydroxyl groups is 1. The van der Waals surface area contributed by atoms with Gasteiger partial charge in [0.25, 0.3) is 0 Å². The van der Waals surface area contributed by atoms with E-state index in [1.165, 1.54) is 50.5 Å². The molecule has 0 amide bonds. The number of hydrogen-bond acceptors (Lipinski definition) is 1. The normalized spacial score (nSPS) is 44.5. The number of allylic oxidation sites excluding steroid dienone is 1. The Balaban J connectivity index is 1.82. The van der Waals surface area contributed by atoms with E-state index in [1.54, 1.807) is 0 Å². The third-order valence-corrected chi connectivity index (χ3v) is 5.14. The van der Waals surface area contributed by atoms with Gasteiger partial charge in [0.1, 0.15) is 0 Å². The van der Waals surface area contributed by atoms with Gasteiger partial charge < -0.3 is 5.11 Å². The first-order valence-electron chi connectivity index (χ1n) is 6.70. The average Bonchev–Trinajstić information content (AvgIpc) is 2.72. The predicted molar refractivity (Wildman–Crippen MR) is 61.4 cm³/mol. The first kappa shape index (κ1) is 9.89. The second kappa shape index (κ2) is 3.93. The summed E-state index contributed by atoms with van der Waals surface area (Å²) in [5.74, 6) is 3.59. The van der Waals surface area contributed by atoms with Crippen LogP contribution in [0.15, 0.2) is 11.6 Å². The lowest BCUT2D eigenvalue weighted by atomic mass is 9.61. The molecule has 0 heterocycles. The van der Waals surface area contributed by atoms with Crippen LogP contribution < -0.4 is 0 Å². The lowest BCUT2D eigenvalue weighted by molar-refractivity contribution is 0.0794. The van der Waals surface area contributed by atoms with E-state index in [0.29, 0.717) is 6.61 Å². The van der Waals surface area contributed by atoms with E-state index in [9.17, 15) is 5.11 Å². The van der Waals surface area contributed by atoms with Crippen LogP contribution in [0.25, 0.3) is 0 Å². The van der Waals surface area contributed by atoms with Crippen LogP contribution in [0.1, 0.15) is 44.9 Å². The molecular weight excluding hydrogens is 184 g/mol. The van der Waals surface area contributed by atoms with Crippen molar-refractivity contribution in [2.75, 3.05) is 6.61 Å². The first-order valence-corrected chi connectivity index (χ1v) is 6.70. The molecule has 0 radical (unpaired) electrons. The zero-order valence-electron chi connectivity index (χ0n) is 9.49. The number of rotatable bonds is 1. The number of fused-ring (bicyclic) bond motifs is 3. The summed E-state index contributed by atoms with van der Waals surface area (Å²) >= 11 is 0. The predicted octanol–water partition coefficient (Wildman–Crippen LogP) is 3.14. The van der Waals surface area contributed by atoms with Gasteiger partial charge >= 0.3 is 0 Å². The maximum absolute atomic E-state index is 9.43. The van der Waals surface area contributed by atoms with Crippen molar-refractivity contribution in [1.82, 2.24) is 0 Å². The highest BCUT2D eigenvalue weighted by Gasteiger charge is 2.43. The SMILES string of the molecule is OCC1=CCC2CCC3CCCCC3C12. The van der Waals surface area contributed by atoms with Gasteiger partial charge in [-0.15, -0.1) is 0 Å². The molecule has 0 aromatic carbocycles. The minimum atomic E-state index is 0.324. The quantitative estimate of drug-likeness (QED) is 0.653. The van der Waals surface area contributed by atoms with Gasteiger partial charge in [0.2, 0.25) is 0 Å². The Kier molecular flexibility index (Phi) is 2.59. The maximum Gasteiger partial charge on any atom is 0.0644 e. The van der Waals surface area contributed by atoms with Crippen LogP contribution >= 0.6 is 0 Å². The highest BCUT2D eigenvalue weighted by molar-refractivity contribution is 5.19. The van der Waals surface area contributed by atoms with Gasteiger partial charge in [-0.3, -0.25) is 0 Å². The molecule has 0 aliphatic heterocycles. The van der Waals surface area contributed by atoms with Crippen molar-refractivity contribution >= 4 is 0 Å². The molecule has 0 bridgehead atoms. The molecule has 15 heavy (non-hydrogen) atoms. The van der Waals surface area contributed by atoms with Crippen molar-refractivity contribution in [1.29, 1.82) is 0 Å². The molecule has 1 N–H and O–H groups in total. The van der Waals surface area contributed by atoms with Gasteiger partial charge in [0, 0.05) is 0 Å². The molecule has 3 aliphatic carbocycles. The molecule has 1 nitrogen and oxygen atoms in total. The minimum absolute atomic E-state index is 0.324.